The summed E-state index contributed by atoms with van der Waals surface area (Å²) in [5.74, 6) is -0.445. The summed E-state index contributed by atoms with van der Waals surface area (Å²) < 4.78 is 28.7. The lowest BCUT2D eigenvalue weighted by Crippen LogP contribution is -2.48. The summed E-state index contributed by atoms with van der Waals surface area (Å²) in [4.78, 5) is 16.9. The molecule has 1 fully saturated rings. The standard InChI is InChI=1S/C24H26ClN3O3S/c1-16(17-6-8-19(25)9-7-17)24(23(26)29)12-10-20(11-13-24)28-32(30,31)21-14-18-4-2-3-5-22(18)27-15-21/h2-9,14-16,20,28H,10-13H2,1H3,(H2,26,29)/t16-,20?,24?/m1/s1. The monoisotopic (exact) mass is 471 g/mol. The Bertz CT molecular complexity index is 1240. The highest BCUT2D eigenvalue weighted by Crippen LogP contribution is 2.47. The maximum absolute atomic E-state index is 13.0. The van der Waals surface area contributed by atoms with Crippen LogP contribution in [0.1, 0.15) is 44.1 Å². The van der Waals surface area contributed by atoms with Gasteiger partial charge in [0.2, 0.25) is 15.9 Å². The van der Waals surface area contributed by atoms with Crippen molar-refractivity contribution < 1.29 is 13.2 Å². The zero-order valence-corrected chi connectivity index (χ0v) is 19.4. The first-order valence-electron chi connectivity index (χ1n) is 10.6. The molecule has 1 saturated carbocycles. The van der Waals surface area contributed by atoms with Crippen LogP contribution in [0.25, 0.3) is 10.9 Å². The van der Waals surface area contributed by atoms with Crippen LogP contribution in [0.2, 0.25) is 5.02 Å². The first kappa shape index (κ1) is 22.7. The third-order valence-electron chi connectivity index (χ3n) is 6.76. The van der Waals surface area contributed by atoms with Crippen LogP contribution in [0, 0.1) is 5.41 Å². The number of nitrogens with two attached hydrogens (primary N) is 1. The number of benzene rings is 2. The molecule has 0 aliphatic heterocycles. The number of carbonyl (C=O) groups is 1. The van der Waals surface area contributed by atoms with Crippen molar-refractivity contribution in [1.82, 2.24) is 9.71 Å². The zero-order chi connectivity index (χ0) is 22.9. The molecule has 0 unspecified atom stereocenters. The summed E-state index contributed by atoms with van der Waals surface area (Å²) in [6, 6.07) is 16.2. The topological polar surface area (TPSA) is 102 Å². The summed E-state index contributed by atoms with van der Waals surface area (Å²) in [7, 11) is -3.73. The molecule has 1 atom stereocenters. The first-order valence-corrected chi connectivity index (χ1v) is 12.5. The maximum Gasteiger partial charge on any atom is 0.242 e. The number of sulfonamides is 1. The number of nitrogens with zero attached hydrogens (tertiary/aromatic N) is 1. The Morgan fingerprint density at radius 2 is 1.81 bits per heavy atom. The van der Waals surface area contributed by atoms with Gasteiger partial charge in [-0.05, 0) is 61.4 Å². The third-order valence-corrected chi connectivity index (χ3v) is 8.50. The highest BCUT2D eigenvalue weighted by Gasteiger charge is 2.45. The fraction of sp³-hybridized carbons (Fsp3) is 0.333. The van der Waals surface area contributed by atoms with Crippen molar-refractivity contribution in [2.45, 2.75) is 49.5 Å². The van der Waals surface area contributed by atoms with E-state index in [2.05, 4.69) is 9.71 Å². The fourth-order valence-corrected chi connectivity index (χ4v) is 6.11. The number of para-hydroxylation sites is 1. The van der Waals surface area contributed by atoms with Crippen molar-refractivity contribution >= 4 is 38.4 Å². The highest BCUT2D eigenvalue weighted by molar-refractivity contribution is 7.89. The second-order valence-corrected chi connectivity index (χ2v) is 10.7. The Morgan fingerprint density at radius 3 is 2.47 bits per heavy atom. The maximum atomic E-state index is 13.0. The van der Waals surface area contributed by atoms with Gasteiger partial charge in [0.05, 0.1) is 10.9 Å². The molecule has 0 bridgehead atoms. The number of fused-ring (bicyclic) bond motifs is 1. The van der Waals surface area contributed by atoms with Gasteiger partial charge in [0.25, 0.3) is 0 Å². The minimum absolute atomic E-state index is 0.0977. The van der Waals surface area contributed by atoms with E-state index in [1.54, 1.807) is 18.2 Å². The number of aromatic nitrogens is 1. The van der Waals surface area contributed by atoms with Gasteiger partial charge in [-0.15, -0.1) is 0 Å². The van der Waals surface area contributed by atoms with Crippen LogP contribution in [0.5, 0.6) is 0 Å². The molecule has 1 amide bonds. The molecule has 0 radical (unpaired) electrons. The molecule has 168 valence electrons. The third kappa shape index (κ3) is 4.37. The van der Waals surface area contributed by atoms with Crippen molar-refractivity contribution in [2.75, 3.05) is 0 Å². The molecular formula is C24H26ClN3O3S. The number of halogens is 1. The lowest BCUT2D eigenvalue weighted by atomic mass is 9.63. The van der Waals surface area contributed by atoms with E-state index in [1.807, 2.05) is 43.3 Å². The minimum Gasteiger partial charge on any atom is -0.369 e. The lowest BCUT2D eigenvalue weighted by molar-refractivity contribution is -0.131. The van der Waals surface area contributed by atoms with E-state index < -0.39 is 15.4 Å². The summed E-state index contributed by atoms with van der Waals surface area (Å²) in [5.41, 5.74) is 6.89. The van der Waals surface area contributed by atoms with Crippen LogP contribution in [-0.4, -0.2) is 25.4 Å². The van der Waals surface area contributed by atoms with Gasteiger partial charge in [-0.2, -0.15) is 0 Å². The molecule has 1 heterocycles. The van der Waals surface area contributed by atoms with Crippen LogP contribution >= 0.6 is 11.6 Å². The molecule has 0 saturated heterocycles. The van der Waals surface area contributed by atoms with E-state index in [1.165, 1.54) is 6.20 Å². The van der Waals surface area contributed by atoms with Gasteiger partial charge < -0.3 is 5.73 Å². The predicted molar refractivity (Wildman–Crippen MR) is 126 cm³/mol. The Hall–Kier alpha value is -2.48. The van der Waals surface area contributed by atoms with Gasteiger partial charge in [0, 0.05) is 22.6 Å². The fourth-order valence-electron chi connectivity index (χ4n) is 4.70. The average molecular weight is 472 g/mol. The van der Waals surface area contributed by atoms with Crippen LogP contribution in [0.15, 0.2) is 65.7 Å². The number of carbonyl (C=O) groups excluding carboxylic acids is 1. The van der Waals surface area contributed by atoms with Crippen molar-refractivity contribution in [3.63, 3.8) is 0 Å². The van der Waals surface area contributed by atoms with Crippen LogP contribution in [-0.2, 0) is 14.8 Å². The average Bonchev–Trinajstić information content (AvgIpc) is 2.79. The number of primary amides is 1. The zero-order valence-electron chi connectivity index (χ0n) is 17.8. The molecule has 8 heteroatoms. The summed E-state index contributed by atoms with van der Waals surface area (Å²) >= 11 is 6.00. The molecule has 2 aromatic carbocycles. The summed E-state index contributed by atoms with van der Waals surface area (Å²) in [6.45, 7) is 2.00. The number of hydrogen-bond donors (Lipinski definition) is 2. The lowest BCUT2D eigenvalue weighted by Gasteiger charge is -2.42. The molecule has 3 N–H and O–H groups in total. The summed E-state index contributed by atoms with van der Waals surface area (Å²) in [6.07, 6.45) is 3.45. The smallest absolute Gasteiger partial charge is 0.242 e. The normalized spacial score (nSPS) is 22.5. The molecule has 6 nitrogen and oxygen atoms in total. The SMILES string of the molecule is C[C@H](c1ccc(Cl)cc1)C1(C(N)=O)CCC(NS(=O)(=O)c2cnc3ccccc3c2)CC1. The van der Waals surface area contributed by atoms with Gasteiger partial charge in [0.1, 0.15) is 4.90 Å². The number of hydrogen-bond acceptors (Lipinski definition) is 4. The predicted octanol–water partition coefficient (Wildman–Crippen LogP) is 4.38. The van der Waals surface area contributed by atoms with Crippen molar-refractivity contribution in [1.29, 1.82) is 0 Å². The quantitative estimate of drug-likeness (QED) is 0.556. The first-order chi connectivity index (χ1) is 15.2. The van der Waals surface area contributed by atoms with Gasteiger partial charge in [-0.3, -0.25) is 9.78 Å². The van der Waals surface area contributed by atoms with Gasteiger partial charge in [-0.1, -0.05) is 48.9 Å². The molecular weight excluding hydrogens is 446 g/mol. The molecule has 4 rings (SSSR count). The highest BCUT2D eigenvalue weighted by atomic mass is 35.5. The van der Waals surface area contributed by atoms with Crippen molar-refractivity contribution in [3.05, 3.63) is 71.4 Å². The Kier molecular flexibility index (Phi) is 6.25. The number of pyridine rings is 1. The molecule has 32 heavy (non-hydrogen) atoms. The largest absolute Gasteiger partial charge is 0.369 e. The second-order valence-electron chi connectivity index (χ2n) is 8.55. The van der Waals surface area contributed by atoms with Gasteiger partial charge >= 0.3 is 0 Å². The van der Waals surface area contributed by atoms with Crippen LogP contribution in [0.3, 0.4) is 0 Å². The summed E-state index contributed by atoms with van der Waals surface area (Å²) in [5, 5.41) is 1.40. The van der Waals surface area contributed by atoms with Crippen molar-refractivity contribution in [3.8, 4) is 0 Å². The Balaban J connectivity index is 1.49. The van der Waals surface area contributed by atoms with E-state index in [9.17, 15) is 13.2 Å². The van der Waals surface area contributed by atoms with Crippen LogP contribution in [0.4, 0.5) is 0 Å². The Labute approximate surface area is 193 Å². The number of nitrogens with one attached hydrogen (secondary N) is 1. The van der Waals surface area contributed by atoms with E-state index in [4.69, 9.17) is 17.3 Å². The van der Waals surface area contributed by atoms with E-state index >= 15 is 0 Å². The molecule has 1 aliphatic rings. The van der Waals surface area contributed by atoms with E-state index in [0.717, 1.165) is 16.5 Å². The second kappa shape index (κ2) is 8.81. The van der Waals surface area contributed by atoms with E-state index in [-0.39, 0.29) is 22.8 Å². The Morgan fingerprint density at radius 1 is 1.16 bits per heavy atom. The molecule has 0 spiro atoms. The van der Waals surface area contributed by atoms with Crippen LogP contribution < -0.4 is 10.5 Å². The molecule has 1 aliphatic carbocycles. The van der Waals surface area contributed by atoms with Crippen molar-refractivity contribution in [2.24, 2.45) is 11.1 Å². The van der Waals surface area contributed by atoms with E-state index in [0.29, 0.717) is 30.7 Å². The molecule has 3 aromatic rings. The number of rotatable bonds is 6. The minimum atomic E-state index is -3.73. The van der Waals surface area contributed by atoms with Gasteiger partial charge in [0.15, 0.2) is 0 Å². The number of amides is 1. The molecule has 1 aromatic heterocycles. The van der Waals surface area contributed by atoms with Gasteiger partial charge in [-0.25, -0.2) is 13.1 Å².